The number of ether oxygens (including phenoxy) is 1. The molecule has 1 fully saturated rings. The number of amides is 1. The first-order chi connectivity index (χ1) is 11.5. The van der Waals surface area contributed by atoms with E-state index in [0.29, 0.717) is 25.9 Å². The van der Waals surface area contributed by atoms with E-state index in [9.17, 15) is 9.90 Å². The summed E-state index contributed by atoms with van der Waals surface area (Å²) in [5, 5.41) is 10.7. The second-order valence-corrected chi connectivity index (χ2v) is 6.42. The number of benzene rings is 1. The first-order valence-electron chi connectivity index (χ1n) is 8.13. The van der Waals surface area contributed by atoms with Crippen molar-refractivity contribution in [3.63, 3.8) is 0 Å². The number of β-amino-alcohol motifs (C(OH)–C–C–N with tert-alkyl or cyclic N) is 1. The van der Waals surface area contributed by atoms with Gasteiger partial charge in [0.1, 0.15) is 18.0 Å². The highest BCUT2D eigenvalue weighted by molar-refractivity contribution is 5.79. The molecule has 1 N–H and O–H groups in total. The third-order valence-corrected chi connectivity index (χ3v) is 4.32. The molecule has 1 aliphatic heterocycles. The average Bonchev–Trinajstić information content (AvgIpc) is 2.98. The lowest BCUT2D eigenvalue weighted by Gasteiger charge is -2.23. The zero-order valence-electron chi connectivity index (χ0n) is 13.8. The van der Waals surface area contributed by atoms with Crippen LogP contribution in [0.4, 0.5) is 0 Å². The number of carbonyl (C=O) groups excluding carboxylic acids is 1. The largest absolute Gasteiger partial charge is 0.491 e. The molecule has 1 saturated heterocycles. The number of aryl methyl sites for hydroxylation is 1. The first kappa shape index (κ1) is 16.5. The topological polar surface area (TPSA) is 62.7 Å². The molecule has 1 amide bonds. The first-order valence-corrected chi connectivity index (χ1v) is 8.13. The molecule has 1 aromatic heterocycles. The molecule has 2 heterocycles. The van der Waals surface area contributed by atoms with Crippen molar-refractivity contribution in [2.24, 2.45) is 0 Å². The number of nitrogens with zero attached hydrogens (tertiary/aromatic N) is 2. The predicted octanol–water partition coefficient (Wildman–Crippen LogP) is 1.97. The molecule has 0 saturated carbocycles. The summed E-state index contributed by atoms with van der Waals surface area (Å²) >= 11 is 0. The molecule has 0 spiro atoms. The van der Waals surface area contributed by atoms with Crippen LogP contribution in [0.15, 0.2) is 48.8 Å². The van der Waals surface area contributed by atoms with Crippen LogP contribution in [0.25, 0.3) is 0 Å². The quantitative estimate of drug-likeness (QED) is 0.912. The van der Waals surface area contributed by atoms with Crippen molar-refractivity contribution in [3.8, 4) is 5.75 Å². The van der Waals surface area contributed by atoms with Crippen LogP contribution in [0.1, 0.15) is 17.5 Å². The molecule has 1 aliphatic rings. The zero-order valence-corrected chi connectivity index (χ0v) is 13.8. The van der Waals surface area contributed by atoms with Crippen LogP contribution in [0, 0.1) is 6.92 Å². The molecule has 3 rings (SSSR count). The van der Waals surface area contributed by atoms with E-state index in [2.05, 4.69) is 4.98 Å². The lowest BCUT2D eigenvalue weighted by molar-refractivity contribution is -0.130. The Hall–Kier alpha value is -2.40. The smallest absolute Gasteiger partial charge is 0.227 e. The van der Waals surface area contributed by atoms with Crippen LogP contribution in [0.3, 0.4) is 0 Å². The third kappa shape index (κ3) is 4.11. The van der Waals surface area contributed by atoms with Crippen molar-refractivity contribution in [2.45, 2.75) is 25.4 Å². The number of hydrogen-bond donors (Lipinski definition) is 1. The van der Waals surface area contributed by atoms with Crippen LogP contribution >= 0.6 is 0 Å². The van der Waals surface area contributed by atoms with Crippen molar-refractivity contribution in [3.05, 3.63) is 59.9 Å². The van der Waals surface area contributed by atoms with E-state index in [1.54, 1.807) is 17.3 Å². The third-order valence-electron chi connectivity index (χ3n) is 4.32. The van der Waals surface area contributed by atoms with Gasteiger partial charge in [-0.3, -0.25) is 9.78 Å². The molecule has 1 aromatic carbocycles. The van der Waals surface area contributed by atoms with Gasteiger partial charge >= 0.3 is 0 Å². The Kier molecular flexibility index (Phi) is 4.81. The van der Waals surface area contributed by atoms with E-state index in [4.69, 9.17) is 4.74 Å². The SMILES string of the molecule is Cc1ccc(OC[C@]2(O)CCN(C(=O)Cc3ccncc3)C2)cc1. The Balaban J connectivity index is 1.53. The highest BCUT2D eigenvalue weighted by atomic mass is 16.5. The number of aromatic nitrogens is 1. The molecule has 0 unspecified atom stereocenters. The number of likely N-dealkylation sites (tertiary alicyclic amines) is 1. The lowest BCUT2D eigenvalue weighted by atomic mass is 10.1. The lowest BCUT2D eigenvalue weighted by Crippen LogP contribution is -2.41. The maximum Gasteiger partial charge on any atom is 0.227 e. The van der Waals surface area contributed by atoms with Gasteiger partial charge in [-0.2, -0.15) is 0 Å². The van der Waals surface area contributed by atoms with Crippen LogP contribution < -0.4 is 4.74 Å². The van der Waals surface area contributed by atoms with Gasteiger partial charge in [0, 0.05) is 18.9 Å². The molecular formula is C19H22N2O3. The molecule has 24 heavy (non-hydrogen) atoms. The minimum atomic E-state index is -0.987. The summed E-state index contributed by atoms with van der Waals surface area (Å²) in [6, 6.07) is 11.4. The van der Waals surface area contributed by atoms with Crippen molar-refractivity contribution in [2.75, 3.05) is 19.7 Å². The normalized spacial score (nSPS) is 20.2. The Morgan fingerprint density at radius 2 is 1.96 bits per heavy atom. The van der Waals surface area contributed by atoms with E-state index in [1.807, 2.05) is 43.3 Å². The monoisotopic (exact) mass is 326 g/mol. The maximum atomic E-state index is 12.4. The van der Waals surface area contributed by atoms with Gasteiger partial charge < -0.3 is 14.7 Å². The fourth-order valence-corrected chi connectivity index (χ4v) is 2.83. The minimum Gasteiger partial charge on any atom is -0.491 e. The fourth-order valence-electron chi connectivity index (χ4n) is 2.83. The summed E-state index contributed by atoms with van der Waals surface area (Å²) in [7, 11) is 0. The van der Waals surface area contributed by atoms with E-state index in [0.717, 1.165) is 16.9 Å². The molecule has 2 aromatic rings. The van der Waals surface area contributed by atoms with Crippen molar-refractivity contribution in [1.82, 2.24) is 9.88 Å². The number of aliphatic hydroxyl groups is 1. The van der Waals surface area contributed by atoms with E-state index in [1.165, 1.54) is 0 Å². The Bertz CT molecular complexity index is 688. The van der Waals surface area contributed by atoms with Crippen LogP contribution in [-0.2, 0) is 11.2 Å². The van der Waals surface area contributed by atoms with E-state index >= 15 is 0 Å². The average molecular weight is 326 g/mol. The van der Waals surface area contributed by atoms with E-state index in [-0.39, 0.29) is 12.5 Å². The van der Waals surface area contributed by atoms with Crippen LogP contribution in [0.2, 0.25) is 0 Å². The zero-order chi connectivity index (χ0) is 17.0. The van der Waals surface area contributed by atoms with Gasteiger partial charge in [-0.05, 0) is 43.2 Å². The van der Waals surface area contributed by atoms with Crippen molar-refractivity contribution in [1.29, 1.82) is 0 Å². The van der Waals surface area contributed by atoms with Crippen molar-refractivity contribution >= 4 is 5.91 Å². The molecule has 0 radical (unpaired) electrons. The Morgan fingerprint density at radius 3 is 2.67 bits per heavy atom. The van der Waals surface area contributed by atoms with E-state index < -0.39 is 5.60 Å². The van der Waals surface area contributed by atoms with Gasteiger partial charge in [-0.25, -0.2) is 0 Å². The summed E-state index contributed by atoms with van der Waals surface area (Å²) in [4.78, 5) is 18.0. The minimum absolute atomic E-state index is 0.0208. The number of hydrogen-bond acceptors (Lipinski definition) is 4. The van der Waals surface area contributed by atoms with Gasteiger partial charge in [0.15, 0.2) is 0 Å². The predicted molar refractivity (Wildman–Crippen MR) is 90.8 cm³/mol. The number of rotatable bonds is 5. The molecule has 5 nitrogen and oxygen atoms in total. The van der Waals surface area contributed by atoms with Crippen LogP contribution in [-0.4, -0.2) is 46.2 Å². The number of carbonyl (C=O) groups is 1. The second-order valence-electron chi connectivity index (χ2n) is 6.42. The standard InChI is InChI=1S/C19H22N2O3/c1-15-2-4-17(5-3-15)24-14-19(23)8-11-21(13-19)18(22)12-16-6-9-20-10-7-16/h2-7,9-10,23H,8,11-14H2,1H3/t19-/m0/s1. The summed E-state index contributed by atoms with van der Waals surface area (Å²) in [6.07, 6.45) is 4.22. The fraction of sp³-hybridized carbons (Fsp3) is 0.368. The molecule has 0 aliphatic carbocycles. The molecule has 1 atom stereocenters. The van der Waals surface area contributed by atoms with Gasteiger partial charge in [0.05, 0.1) is 13.0 Å². The summed E-state index contributed by atoms with van der Waals surface area (Å²) in [5.41, 5.74) is 1.11. The summed E-state index contributed by atoms with van der Waals surface area (Å²) in [6.45, 7) is 3.07. The Morgan fingerprint density at radius 1 is 1.25 bits per heavy atom. The van der Waals surface area contributed by atoms with Gasteiger partial charge in [-0.1, -0.05) is 17.7 Å². The van der Waals surface area contributed by atoms with Gasteiger partial charge in [-0.15, -0.1) is 0 Å². The molecule has 5 heteroatoms. The summed E-state index contributed by atoms with van der Waals surface area (Å²) < 4.78 is 5.70. The number of pyridine rings is 1. The maximum absolute atomic E-state index is 12.4. The van der Waals surface area contributed by atoms with Gasteiger partial charge in [0.2, 0.25) is 5.91 Å². The molecular weight excluding hydrogens is 304 g/mol. The highest BCUT2D eigenvalue weighted by Gasteiger charge is 2.38. The molecule has 0 bridgehead atoms. The van der Waals surface area contributed by atoms with Crippen molar-refractivity contribution < 1.29 is 14.6 Å². The molecule has 126 valence electrons. The summed E-state index contributed by atoms with van der Waals surface area (Å²) in [5.74, 6) is 0.753. The Labute approximate surface area is 141 Å². The van der Waals surface area contributed by atoms with Gasteiger partial charge in [0.25, 0.3) is 0 Å². The van der Waals surface area contributed by atoms with Crippen LogP contribution in [0.5, 0.6) is 5.75 Å². The highest BCUT2D eigenvalue weighted by Crippen LogP contribution is 2.24. The second kappa shape index (κ2) is 7.01.